The highest BCUT2D eigenvalue weighted by Crippen LogP contribution is 2.30. The number of rotatable bonds is 5. The molecule has 0 aromatic heterocycles. The molecule has 2 aromatic rings. The van der Waals surface area contributed by atoms with E-state index >= 15 is 0 Å². The van der Waals surface area contributed by atoms with Gasteiger partial charge < -0.3 is 0 Å². The van der Waals surface area contributed by atoms with Gasteiger partial charge in [0, 0.05) is 31.0 Å². The topological polar surface area (TPSA) is 70.1 Å². The number of hydrogen-bond acceptors (Lipinski definition) is 5. The van der Waals surface area contributed by atoms with Crippen molar-refractivity contribution in [3.05, 3.63) is 65.2 Å². The number of benzene rings is 2. The van der Waals surface area contributed by atoms with Crippen LogP contribution in [0, 0.1) is 0 Å². The first-order chi connectivity index (χ1) is 15.7. The highest BCUT2D eigenvalue weighted by molar-refractivity contribution is 8.13. The molecule has 11 heteroatoms. The first kappa shape index (κ1) is 23.8. The standard InChI is InChI=1S/C22H22F3N3O3S2/c23-22(24,25)18-7-3-16(4-8-18)15-32-21-26-11-14-28(21)20(29)17-5-9-19(10-6-17)33(30,31)27-12-1-2-13-27/h3-10H,1-2,11-15H2. The second-order valence-corrected chi connectivity index (χ2v) is 10.6. The Kier molecular flexibility index (Phi) is 6.83. The van der Waals surface area contributed by atoms with E-state index in [1.165, 1.54) is 57.4 Å². The minimum atomic E-state index is -4.38. The summed E-state index contributed by atoms with van der Waals surface area (Å²) in [4.78, 5) is 19.0. The quantitative estimate of drug-likeness (QED) is 0.620. The Morgan fingerprint density at radius 1 is 0.970 bits per heavy atom. The van der Waals surface area contributed by atoms with Crippen LogP contribution >= 0.6 is 11.8 Å². The lowest BCUT2D eigenvalue weighted by atomic mass is 10.1. The number of halogens is 3. The predicted molar refractivity (Wildman–Crippen MR) is 121 cm³/mol. The van der Waals surface area contributed by atoms with Crippen LogP contribution in [0.25, 0.3) is 0 Å². The van der Waals surface area contributed by atoms with Gasteiger partial charge in [0.1, 0.15) is 0 Å². The second kappa shape index (κ2) is 9.47. The number of alkyl halides is 3. The number of carbonyl (C=O) groups excluding carboxylic acids is 1. The Hall–Kier alpha value is -2.37. The van der Waals surface area contributed by atoms with Crippen molar-refractivity contribution in [1.29, 1.82) is 0 Å². The van der Waals surface area contributed by atoms with Crippen LogP contribution in [0.4, 0.5) is 13.2 Å². The van der Waals surface area contributed by atoms with Crippen LogP contribution in [0.5, 0.6) is 0 Å². The lowest BCUT2D eigenvalue weighted by Crippen LogP contribution is -2.33. The van der Waals surface area contributed by atoms with Crippen molar-refractivity contribution in [1.82, 2.24) is 9.21 Å². The fraction of sp³-hybridized carbons (Fsp3) is 0.364. The average molecular weight is 498 g/mol. The van der Waals surface area contributed by atoms with Crippen LogP contribution in [0.2, 0.25) is 0 Å². The highest BCUT2D eigenvalue weighted by Gasteiger charge is 2.31. The van der Waals surface area contributed by atoms with E-state index < -0.39 is 21.8 Å². The first-order valence-corrected chi connectivity index (χ1v) is 12.8. The Morgan fingerprint density at radius 2 is 1.61 bits per heavy atom. The van der Waals surface area contributed by atoms with Gasteiger partial charge in [-0.1, -0.05) is 23.9 Å². The van der Waals surface area contributed by atoms with E-state index in [0.29, 0.717) is 48.2 Å². The number of nitrogens with zero attached hydrogens (tertiary/aromatic N) is 3. The van der Waals surface area contributed by atoms with E-state index in [4.69, 9.17) is 0 Å². The van der Waals surface area contributed by atoms with Gasteiger partial charge in [-0.3, -0.25) is 14.7 Å². The summed E-state index contributed by atoms with van der Waals surface area (Å²) in [6, 6.07) is 10.8. The van der Waals surface area contributed by atoms with E-state index in [9.17, 15) is 26.4 Å². The summed E-state index contributed by atoms with van der Waals surface area (Å²) in [7, 11) is -3.55. The summed E-state index contributed by atoms with van der Waals surface area (Å²) in [6.07, 6.45) is -2.69. The van der Waals surface area contributed by atoms with Gasteiger partial charge in [0.05, 0.1) is 17.0 Å². The zero-order valence-corrected chi connectivity index (χ0v) is 19.2. The van der Waals surface area contributed by atoms with Gasteiger partial charge in [-0.05, 0) is 54.8 Å². The molecule has 33 heavy (non-hydrogen) atoms. The number of amides is 1. The number of sulfonamides is 1. The number of thioether (sulfide) groups is 1. The Balaban J connectivity index is 1.40. The molecule has 176 valence electrons. The molecule has 4 rings (SSSR count). The summed E-state index contributed by atoms with van der Waals surface area (Å²) in [5, 5.41) is 0.494. The van der Waals surface area contributed by atoms with Crippen LogP contribution in [-0.2, 0) is 22.0 Å². The minimum Gasteiger partial charge on any atom is -0.286 e. The van der Waals surface area contributed by atoms with E-state index in [-0.39, 0.29) is 10.8 Å². The van der Waals surface area contributed by atoms with E-state index in [1.807, 2.05) is 0 Å². The van der Waals surface area contributed by atoms with E-state index in [0.717, 1.165) is 25.0 Å². The molecule has 0 aliphatic carbocycles. The normalized spacial score (nSPS) is 17.4. The molecule has 2 aliphatic heterocycles. The third-order valence-corrected chi connectivity index (χ3v) is 8.50. The van der Waals surface area contributed by atoms with Crippen LogP contribution in [0.15, 0.2) is 58.4 Å². The maximum absolute atomic E-state index is 13.0. The van der Waals surface area contributed by atoms with Crippen molar-refractivity contribution in [2.75, 3.05) is 26.2 Å². The molecule has 2 aliphatic rings. The SMILES string of the molecule is O=C(c1ccc(S(=O)(=O)N2CCCC2)cc1)N1CCN=C1SCc1ccc(C(F)(F)F)cc1. The molecule has 1 amide bonds. The number of amidine groups is 1. The predicted octanol–water partition coefficient (Wildman–Crippen LogP) is 4.24. The van der Waals surface area contributed by atoms with Gasteiger partial charge in [0.25, 0.3) is 5.91 Å². The molecule has 0 spiro atoms. The van der Waals surface area contributed by atoms with Gasteiger partial charge in [-0.25, -0.2) is 8.42 Å². The lowest BCUT2D eigenvalue weighted by Gasteiger charge is -2.19. The Bertz CT molecular complexity index is 1140. The summed E-state index contributed by atoms with van der Waals surface area (Å²) in [5.41, 5.74) is 0.327. The van der Waals surface area contributed by atoms with Crippen molar-refractivity contribution >= 4 is 32.9 Å². The van der Waals surface area contributed by atoms with Crippen LogP contribution < -0.4 is 0 Å². The molecule has 1 saturated heterocycles. The molecule has 0 unspecified atom stereocenters. The Morgan fingerprint density at radius 3 is 2.21 bits per heavy atom. The van der Waals surface area contributed by atoms with Gasteiger partial charge in [0.2, 0.25) is 10.0 Å². The number of aliphatic imine (C=N–C) groups is 1. The van der Waals surface area contributed by atoms with Crippen LogP contribution in [0.3, 0.4) is 0 Å². The Labute approximate surface area is 194 Å². The average Bonchev–Trinajstić information content (AvgIpc) is 3.49. The largest absolute Gasteiger partial charge is 0.416 e. The number of hydrogen-bond donors (Lipinski definition) is 0. The molecule has 2 heterocycles. The van der Waals surface area contributed by atoms with E-state index in [2.05, 4.69) is 4.99 Å². The highest BCUT2D eigenvalue weighted by atomic mass is 32.2. The summed E-state index contributed by atoms with van der Waals surface area (Å²) in [5.74, 6) is 0.0737. The van der Waals surface area contributed by atoms with Crippen molar-refractivity contribution < 1.29 is 26.4 Å². The van der Waals surface area contributed by atoms with Gasteiger partial charge >= 0.3 is 6.18 Å². The molecule has 0 atom stereocenters. The smallest absolute Gasteiger partial charge is 0.286 e. The monoisotopic (exact) mass is 497 g/mol. The zero-order chi connectivity index (χ0) is 23.6. The molecule has 0 N–H and O–H groups in total. The summed E-state index contributed by atoms with van der Waals surface area (Å²) < 4.78 is 64.9. The van der Waals surface area contributed by atoms with Gasteiger partial charge in [-0.15, -0.1) is 0 Å². The lowest BCUT2D eigenvalue weighted by molar-refractivity contribution is -0.137. The van der Waals surface area contributed by atoms with Crippen molar-refractivity contribution in [3.8, 4) is 0 Å². The van der Waals surface area contributed by atoms with Gasteiger partial charge in [-0.2, -0.15) is 17.5 Å². The minimum absolute atomic E-state index is 0.160. The third kappa shape index (κ3) is 5.25. The van der Waals surface area contributed by atoms with Crippen LogP contribution in [-0.4, -0.2) is 54.9 Å². The molecular weight excluding hydrogens is 475 g/mol. The van der Waals surface area contributed by atoms with Crippen molar-refractivity contribution in [2.45, 2.75) is 29.7 Å². The van der Waals surface area contributed by atoms with Crippen LogP contribution in [0.1, 0.15) is 34.3 Å². The molecule has 0 saturated carbocycles. The maximum atomic E-state index is 13.0. The fourth-order valence-corrected chi connectivity index (χ4v) is 6.20. The summed E-state index contributed by atoms with van der Waals surface area (Å²) >= 11 is 1.28. The molecule has 1 fully saturated rings. The fourth-order valence-electron chi connectivity index (χ4n) is 3.68. The summed E-state index contributed by atoms with van der Waals surface area (Å²) in [6.45, 7) is 1.84. The zero-order valence-electron chi connectivity index (χ0n) is 17.6. The number of carbonyl (C=O) groups is 1. The molecule has 2 aromatic carbocycles. The third-order valence-electron chi connectivity index (χ3n) is 5.50. The molecule has 0 bridgehead atoms. The van der Waals surface area contributed by atoms with Gasteiger partial charge in [0.15, 0.2) is 5.17 Å². The molecule has 6 nitrogen and oxygen atoms in total. The van der Waals surface area contributed by atoms with Crippen molar-refractivity contribution in [3.63, 3.8) is 0 Å². The van der Waals surface area contributed by atoms with E-state index in [1.54, 1.807) is 0 Å². The molecular formula is C22H22F3N3O3S2. The van der Waals surface area contributed by atoms with Crippen molar-refractivity contribution in [2.24, 2.45) is 4.99 Å². The first-order valence-electron chi connectivity index (χ1n) is 10.4. The molecule has 0 radical (unpaired) electrons. The second-order valence-electron chi connectivity index (χ2n) is 7.74. The maximum Gasteiger partial charge on any atom is 0.416 e.